The van der Waals surface area contributed by atoms with Gasteiger partial charge in [-0.1, -0.05) is 6.07 Å². The van der Waals surface area contributed by atoms with Crippen LogP contribution < -0.4 is 5.32 Å². The molecule has 142 valence electrons. The standard InChI is InChI=1S/C20H24N4O2S/c25-19(23-9-5-18-16(14-23)6-11-27-18)3-4-20(26)24-10-8-22-13-17(24)15-2-1-7-21-12-15/h1-2,6-7,11-12,17,22H,3-5,8-10,13-14H2. The van der Waals surface area contributed by atoms with Gasteiger partial charge in [0, 0.05) is 62.8 Å². The zero-order valence-corrected chi connectivity index (χ0v) is 16.1. The largest absolute Gasteiger partial charge is 0.338 e. The number of nitrogens with zero attached hydrogens (tertiary/aromatic N) is 3. The van der Waals surface area contributed by atoms with Gasteiger partial charge in [0.2, 0.25) is 11.8 Å². The number of piperazine rings is 1. The fourth-order valence-electron chi connectivity index (χ4n) is 3.85. The van der Waals surface area contributed by atoms with Gasteiger partial charge in [0.05, 0.1) is 6.04 Å². The first kappa shape index (κ1) is 18.1. The van der Waals surface area contributed by atoms with Crippen molar-refractivity contribution in [2.75, 3.05) is 26.2 Å². The van der Waals surface area contributed by atoms with Crippen molar-refractivity contribution in [3.05, 3.63) is 52.0 Å². The molecule has 2 aliphatic heterocycles. The molecule has 1 fully saturated rings. The summed E-state index contributed by atoms with van der Waals surface area (Å²) in [7, 11) is 0. The number of thiophene rings is 1. The van der Waals surface area contributed by atoms with Gasteiger partial charge >= 0.3 is 0 Å². The van der Waals surface area contributed by atoms with Crippen molar-refractivity contribution < 1.29 is 9.59 Å². The Morgan fingerprint density at radius 2 is 2.11 bits per heavy atom. The zero-order chi connectivity index (χ0) is 18.6. The molecule has 2 aromatic rings. The number of carbonyl (C=O) groups excluding carboxylic acids is 2. The molecule has 2 aromatic heterocycles. The molecule has 0 aromatic carbocycles. The summed E-state index contributed by atoms with van der Waals surface area (Å²) in [6, 6.07) is 5.98. The molecule has 4 heterocycles. The summed E-state index contributed by atoms with van der Waals surface area (Å²) in [5.41, 5.74) is 2.29. The lowest BCUT2D eigenvalue weighted by molar-refractivity contribution is -0.139. The van der Waals surface area contributed by atoms with Crippen LogP contribution in [0.4, 0.5) is 0 Å². The SMILES string of the molecule is O=C(CCC(=O)N1CCNCC1c1cccnc1)N1CCc2sccc2C1. The molecule has 1 atom stereocenters. The van der Waals surface area contributed by atoms with E-state index < -0.39 is 0 Å². The summed E-state index contributed by atoms with van der Waals surface area (Å²) in [6.07, 6.45) is 5.02. The molecule has 4 rings (SSSR count). The third kappa shape index (κ3) is 4.04. The van der Waals surface area contributed by atoms with Gasteiger partial charge < -0.3 is 15.1 Å². The highest BCUT2D eigenvalue weighted by molar-refractivity contribution is 7.10. The smallest absolute Gasteiger partial charge is 0.223 e. The van der Waals surface area contributed by atoms with E-state index in [9.17, 15) is 9.59 Å². The number of rotatable bonds is 4. The van der Waals surface area contributed by atoms with Gasteiger partial charge in [0.15, 0.2) is 0 Å². The van der Waals surface area contributed by atoms with Gasteiger partial charge in [-0.05, 0) is 35.1 Å². The van der Waals surface area contributed by atoms with Crippen molar-refractivity contribution in [3.63, 3.8) is 0 Å². The lowest BCUT2D eigenvalue weighted by Crippen LogP contribution is -2.49. The van der Waals surface area contributed by atoms with Gasteiger partial charge in [0.1, 0.15) is 0 Å². The van der Waals surface area contributed by atoms with Gasteiger partial charge in [-0.2, -0.15) is 0 Å². The van der Waals surface area contributed by atoms with Crippen LogP contribution in [0.15, 0.2) is 36.0 Å². The van der Waals surface area contributed by atoms with Crippen LogP contribution in [0.25, 0.3) is 0 Å². The Balaban J connectivity index is 1.35. The molecule has 7 heteroatoms. The fraction of sp³-hybridized carbons (Fsp3) is 0.450. The van der Waals surface area contributed by atoms with Crippen LogP contribution in [0.3, 0.4) is 0 Å². The number of pyridine rings is 1. The second-order valence-electron chi connectivity index (χ2n) is 7.03. The minimum Gasteiger partial charge on any atom is -0.338 e. The molecule has 1 unspecified atom stereocenters. The van der Waals surface area contributed by atoms with Crippen LogP contribution in [0.2, 0.25) is 0 Å². The Morgan fingerprint density at radius 3 is 2.96 bits per heavy atom. The second kappa shape index (κ2) is 8.19. The predicted molar refractivity (Wildman–Crippen MR) is 104 cm³/mol. The van der Waals surface area contributed by atoms with E-state index in [1.54, 1.807) is 17.5 Å². The Bertz CT molecular complexity index is 807. The minimum absolute atomic E-state index is 0.0154. The van der Waals surface area contributed by atoms with Gasteiger partial charge in [-0.15, -0.1) is 11.3 Å². The number of hydrogen-bond donors (Lipinski definition) is 1. The second-order valence-corrected chi connectivity index (χ2v) is 8.03. The number of fused-ring (bicyclic) bond motifs is 1. The monoisotopic (exact) mass is 384 g/mol. The van der Waals surface area contributed by atoms with Crippen molar-refractivity contribution in [2.45, 2.75) is 31.8 Å². The fourth-order valence-corrected chi connectivity index (χ4v) is 4.74. The third-order valence-electron chi connectivity index (χ3n) is 5.35. The maximum atomic E-state index is 12.8. The topological polar surface area (TPSA) is 65.5 Å². The highest BCUT2D eigenvalue weighted by Gasteiger charge is 2.29. The molecule has 0 aliphatic carbocycles. The molecule has 0 saturated carbocycles. The minimum atomic E-state index is -0.0154. The highest BCUT2D eigenvalue weighted by Crippen LogP contribution is 2.25. The first-order chi connectivity index (χ1) is 13.2. The zero-order valence-electron chi connectivity index (χ0n) is 15.3. The number of carbonyl (C=O) groups is 2. The Hall–Kier alpha value is -2.25. The van der Waals surface area contributed by atoms with Crippen LogP contribution in [0.1, 0.15) is 34.9 Å². The van der Waals surface area contributed by atoms with E-state index in [2.05, 4.69) is 21.7 Å². The number of hydrogen-bond acceptors (Lipinski definition) is 5. The van der Waals surface area contributed by atoms with E-state index >= 15 is 0 Å². The molecule has 0 spiro atoms. The normalized spacial score (nSPS) is 19.6. The van der Waals surface area contributed by atoms with Gasteiger partial charge in [-0.25, -0.2) is 0 Å². The summed E-state index contributed by atoms with van der Waals surface area (Å²) < 4.78 is 0. The maximum Gasteiger partial charge on any atom is 0.223 e. The Labute approximate surface area is 163 Å². The third-order valence-corrected chi connectivity index (χ3v) is 6.37. The molecule has 6 nitrogen and oxygen atoms in total. The van der Waals surface area contributed by atoms with Crippen LogP contribution >= 0.6 is 11.3 Å². The van der Waals surface area contributed by atoms with Crippen molar-refractivity contribution in [1.82, 2.24) is 20.1 Å². The van der Waals surface area contributed by atoms with Crippen molar-refractivity contribution in [1.29, 1.82) is 0 Å². The molecular weight excluding hydrogens is 360 g/mol. The van der Waals surface area contributed by atoms with E-state index in [1.807, 2.05) is 28.1 Å². The maximum absolute atomic E-state index is 12.8. The summed E-state index contributed by atoms with van der Waals surface area (Å²) in [5, 5.41) is 5.43. The summed E-state index contributed by atoms with van der Waals surface area (Å²) in [6.45, 7) is 3.60. The molecule has 2 amide bonds. The number of aromatic nitrogens is 1. The van der Waals surface area contributed by atoms with E-state index in [-0.39, 0.29) is 30.7 Å². The van der Waals surface area contributed by atoms with Crippen molar-refractivity contribution >= 4 is 23.2 Å². The van der Waals surface area contributed by atoms with E-state index in [0.29, 0.717) is 13.1 Å². The van der Waals surface area contributed by atoms with Gasteiger partial charge in [-0.3, -0.25) is 14.6 Å². The molecule has 2 aliphatic rings. The first-order valence-electron chi connectivity index (χ1n) is 9.45. The summed E-state index contributed by atoms with van der Waals surface area (Å²) >= 11 is 1.76. The lowest BCUT2D eigenvalue weighted by Gasteiger charge is -2.36. The van der Waals surface area contributed by atoms with E-state index in [4.69, 9.17) is 0 Å². The van der Waals surface area contributed by atoms with Crippen LogP contribution in [-0.4, -0.2) is 52.8 Å². The molecule has 1 saturated heterocycles. The van der Waals surface area contributed by atoms with E-state index in [0.717, 1.165) is 31.6 Å². The average Bonchev–Trinajstić information content (AvgIpc) is 3.20. The molecule has 27 heavy (non-hydrogen) atoms. The number of nitrogens with one attached hydrogen (secondary N) is 1. The van der Waals surface area contributed by atoms with Crippen molar-refractivity contribution in [3.8, 4) is 0 Å². The van der Waals surface area contributed by atoms with Crippen LogP contribution in [-0.2, 0) is 22.6 Å². The number of amides is 2. The molecule has 0 bridgehead atoms. The van der Waals surface area contributed by atoms with E-state index in [1.165, 1.54) is 10.4 Å². The Morgan fingerprint density at radius 1 is 1.22 bits per heavy atom. The lowest BCUT2D eigenvalue weighted by atomic mass is 10.0. The molecule has 0 radical (unpaired) electrons. The average molecular weight is 385 g/mol. The van der Waals surface area contributed by atoms with Crippen LogP contribution in [0.5, 0.6) is 0 Å². The quantitative estimate of drug-likeness (QED) is 0.875. The Kier molecular flexibility index (Phi) is 5.50. The summed E-state index contributed by atoms with van der Waals surface area (Å²) in [4.78, 5) is 34.8. The molecular formula is C20H24N4O2S. The van der Waals surface area contributed by atoms with Crippen LogP contribution in [0, 0.1) is 0 Å². The van der Waals surface area contributed by atoms with Crippen molar-refractivity contribution in [2.24, 2.45) is 0 Å². The first-order valence-corrected chi connectivity index (χ1v) is 10.3. The molecule has 1 N–H and O–H groups in total. The highest BCUT2D eigenvalue weighted by atomic mass is 32.1. The van der Waals surface area contributed by atoms with Gasteiger partial charge in [0.25, 0.3) is 0 Å². The predicted octanol–water partition coefficient (Wildman–Crippen LogP) is 1.98. The summed E-state index contributed by atoms with van der Waals surface area (Å²) in [5.74, 6) is 0.125.